The monoisotopic (exact) mass is 518 g/mol. The van der Waals surface area contributed by atoms with Crippen molar-refractivity contribution in [2.24, 2.45) is 5.73 Å². The van der Waals surface area contributed by atoms with Crippen LogP contribution in [0.4, 0.5) is 24.5 Å². The van der Waals surface area contributed by atoms with Crippen molar-refractivity contribution in [2.75, 3.05) is 19.1 Å². The summed E-state index contributed by atoms with van der Waals surface area (Å²) in [4.78, 5) is 37.5. The van der Waals surface area contributed by atoms with Crippen LogP contribution < -0.4 is 15.4 Å². The van der Waals surface area contributed by atoms with E-state index in [1.807, 2.05) is 6.07 Å². The lowest BCUT2D eigenvalue weighted by molar-refractivity contribution is -0.384. The van der Waals surface area contributed by atoms with Gasteiger partial charge in [-0.2, -0.15) is 5.26 Å². The van der Waals surface area contributed by atoms with Gasteiger partial charge in [0.2, 0.25) is 0 Å². The van der Waals surface area contributed by atoms with Crippen LogP contribution in [0.25, 0.3) is 0 Å². The molecule has 14 heteroatoms. The molecule has 1 atom stereocenters. The number of halogens is 3. The van der Waals surface area contributed by atoms with Gasteiger partial charge in [-0.1, -0.05) is 30.3 Å². The smallest absolute Gasteiger partial charge is 0.466 e. The van der Waals surface area contributed by atoms with E-state index in [0.717, 1.165) is 26.4 Å². The van der Waals surface area contributed by atoms with Gasteiger partial charge in [-0.25, -0.2) is 9.59 Å². The number of ether oxygens (including phenoxy) is 3. The Bertz CT molecular complexity index is 1360. The van der Waals surface area contributed by atoms with Crippen molar-refractivity contribution in [2.45, 2.75) is 12.3 Å². The fourth-order valence-electron chi connectivity index (χ4n) is 3.80. The lowest BCUT2D eigenvalue weighted by atomic mass is 9.81. The Morgan fingerprint density at radius 1 is 1.11 bits per heavy atom. The Morgan fingerprint density at radius 3 is 2.24 bits per heavy atom. The molecule has 0 fully saturated rings. The Hall–Kier alpha value is -5.06. The number of nitriles is 1. The maximum Gasteiger partial charge on any atom is 0.573 e. The fraction of sp³-hybridized carbons (Fsp3) is 0.174. The summed E-state index contributed by atoms with van der Waals surface area (Å²) >= 11 is 0. The van der Waals surface area contributed by atoms with Gasteiger partial charge in [0.05, 0.1) is 48.3 Å². The number of hydrogen-bond acceptors (Lipinski definition) is 10. The molecular formula is C23H17F3N4O7. The molecule has 0 saturated heterocycles. The lowest BCUT2D eigenvalue weighted by Crippen LogP contribution is -2.41. The number of esters is 2. The Labute approximate surface area is 206 Å². The molecule has 0 bridgehead atoms. The van der Waals surface area contributed by atoms with Crippen molar-refractivity contribution in [1.29, 1.82) is 5.26 Å². The van der Waals surface area contributed by atoms with Crippen molar-refractivity contribution < 1.29 is 41.9 Å². The zero-order valence-corrected chi connectivity index (χ0v) is 19.1. The maximum absolute atomic E-state index is 13.0. The molecule has 37 heavy (non-hydrogen) atoms. The number of nitrogens with two attached hydrogens (primary N) is 1. The van der Waals surface area contributed by atoms with Crippen LogP contribution in [0.1, 0.15) is 11.5 Å². The molecule has 2 N–H and O–H groups in total. The van der Waals surface area contributed by atoms with E-state index in [9.17, 15) is 38.1 Å². The molecule has 0 aromatic heterocycles. The van der Waals surface area contributed by atoms with E-state index >= 15 is 0 Å². The number of carbonyl (C=O) groups excluding carboxylic acids is 2. The fourth-order valence-corrected chi connectivity index (χ4v) is 3.80. The topological polar surface area (TPSA) is 158 Å². The van der Waals surface area contributed by atoms with Gasteiger partial charge >= 0.3 is 18.3 Å². The number of alkyl halides is 3. The van der Waals surface area contributed by atoms with Gasteiger partial charge in [-0.3, -0.25) is 15.0 Å². The average Bonchev–Trinajstić information content (AvgIpc) is 2.86. The number of allylic oxidation sites excluding steroid dienone is 1. The lowest BCUT2D eigenvalue weighted by Gasteiger charge is -2.35. The number of nitrogens with zero attached hydrogens (tertiary/aromatic N) is 3. The summed E-state index contributed by atoms with van der Waals surface area (Å²) < 4.78 is 51.5. The van der Waals surface area contributed by atoms with Gasteiger partial charge in [-0.05, 0) is 17.7 Å². The van der Waals surface area contributed by atoms with Crippen LogP contribution in [-0.4, -0.2) is 37.4 Å². The number of benzene rings is 2. The van der Waals surface area contributed by atoms with Crippen molar-refractivity contribution in [1.82, 2.24) is 0 Å². The normalized spacial score (nSPS) is 15.7. The van der Waals surface area contributed by atoms with Crippen LogP contribution in [0.3, 0.4) is 0 Å². The number of anilines is 1. The molecule has 1 unspecified atom stereocenters. The number of hydrogen-bond donors (Lipinski definition) is 1. The van der Waals surface area contributed by atoms with E-state index in [1.54, 1.807) is 30.3 Å². The highest BCUT2D eigenvalue weighted by Gasteiger charge is 2.44. The SMILES string of the molecule is COC(=O)C1=C(C(=O)OC)N(c2ccc(OC(F)(F)F)cc2[N+](=O)[O-])C(N)=C(C#N)C1c1ccccc1. The van der Waals surface area contributed by atoms with E-state index in [2.05, 4.69) is 4.74 Å². The second-order valence-electron chi connectivity index (χ2n) is 7.29. The number of nitro groups is 1. The van der Waals surface area contributed by atoms with Gasteiger partial charge in [0.1, 0.15) is 23.0 Å². The predicted molar refractivity (Wildman–Crippen MR) is 119 cm³/mol. The maximum atomic E-state index is 13.0. The molecule has 2 aromatic carbocycles. The standard InChI is InChI=1S/C23H17F3N4O7/c1-35-21(31)18-17(12-6-4-3-5-7-12)14(11-27)20(28)29(19(18)22(32)36-2)15-9-8-13(37-23(24,25)26)10-16(15)30(33)34/h3-10,17H,28H2,1-2H3. The molecular weight excluding hydrogens is 501 g/mol. The minimum Gasteiger partial charge on any atom is -0.466 e. The summed E-state index contributed by atoms with van der Waals surface area (Å²) in [6, 6.07) is 11.8. The molecule has 1 heterocycles. The second kappa shape index (κ2) is 10.3. The molecule has 0 amide bonds. The molecule has 2 aromatic rings. The molecule has 1 aliphatic rings. The third kappa shape index (κ3) is 5.15. The molecule has 11 nitrogen and oxygen atoms in total. The van der Waals surface area contributed by atoms with Crippen LogP contribution in [-0.2, 0) is 19.1 Å². The first-order valence-corrected chi connectivity index (χ1v) is 10.1. The number of methoxy groups -OCH3 is 2. The third-order valence-electron chi connectivity index (χ3n) is 5.23. The van der Waals surface area contributed by atoms with E-state index in [-0.39, 0.29) is 5.57 Å². The van der Waals surface area contributed by atoms with E-state index < -0.39 is 63.4 Å². The molecule has 192 valence electrons. The Balaban J connectivity index is 2.42. The van der Waals surface area contributed by atoms with Crippen LogP contribution >= 0.6 is 0 Å². The summed E-state index contributed by atoms with van der Waals surface area (Å²) in [5, 5.41) is 21.8. The predicted octanol–water partition coefficient (Wildman–Crippen LogP) is 3.39. The summed E-state index contributed by atoms with van der Waals surface area (Å²) in [6.07, 6.45) is -5.15. The van der Waals surface area contributed by atoms with Crippen molar-refractivity contribution in [3.63, 3.8) is 0 Å². The zero-order valence-electron chi connectivity index (χ0n) is 19.1. The highest BCUT2D eigenvalue weighted by atomic mass is 19.4. The van der Waals surface area contributed by atoms with Crippen LogP contribution in [0, 0.1) is 21.4 Å². The van der Waals surface area contributed by atoms with Gasteiger partial charge in [0, 0.05) is 0 Å². The quantitative estimate of drug-likeness (QED) is 0.341. The zero-order chi connectivity index (χ0) is 27.5. The largest absolute Gasteiger partial charge is 0.573 e. The molecule has 1 aliphatic heterocycles. The highest BCUT2D eigenvalue weighted by molar-refractivity contribution is 6.06. The summed E-state index contributed by atoms with van der Waals surface area (Å²) in [5.41, 5.74) is 3.72. The van der Waals surface area contributed by atoms with Gasteiger partial charge < -0.3 is 19.9 Å². The third-order valence-corrected chi connectivity index (χ3v) is 5.23. The van der Waals surface area contributed by atoms with E-state index in [4.69, 9.17) is 15.2 Å². The average molecular weight is 518 g/mol. The summed E-state index contributed by atoms with van der Waals surface area (Å²) in [5.74, 6) is -4.94. The molecule has 3 rings (SSSR count). The van der Waals surface area contributed by atoms with Crippen LogP contribution in [0.15, 0.2) is 71.2 Å². The summed E-state index contributed by atoms with van der Waals surface area (Å²) in [6.45, 7) is 0. The number of rotatable bonds is 6. The Kier molecular flexibility index (Phi) is 7.38. The van der Waals surface area contributed by atoms with Crippen molar-refractivity contribution >= 4 is 23.3 Å². The van der Waals surface area contributed by atoms with Gasteiger partial charge in [0.25, 0.3) is 5.69 Å². The summed E-state index contributed by atoms with van der Waals surface area (Å²) in [7, 11) is 1.98. The number of carbonyl (C=O) groups is 2. The minimum atomic E-state index is -5.15. The molecule has 0 radical (unpaired) electrons. The van der Waals surface area contributed by atoms with Gasteiger partial charge in [0.15, 0.2) is 0 Å². The van der Waals surface area contributed by atoms with Crippen molar-refractivity contribution in [3.05, 3.63) is 86.9 Å². The van der Waals surface area contributed by atoms with Crippen LogP contribution in [0.2, 0.25) is 0 Å². The van der Waals surface area contributed by atoms with Gasteiger partial charge in [-0.15, -0.1) is 13.2 Å². The second-order valence-corrected chi connectivity index (χ2v) is 7.29. The number of nitro benzene ring substituents is 1. The first kappa shape index (κ1) is 26.5. The minimum absolute atomic E-state index is 0.288. The molecule has 0 saturated carbocycles. The van der Waals surface area contributed by atoms with E-state index in [1.165, 1.54) is 0 Å². The first-order valence-electron chi connectivity index (χ1n) is 10.1. The van der Waals surface area contributed by atoms with Crippen molar-refractivity contribution in [3.8, 4) is 11.8 Å². The van der Waals surface area contributed by atoms with E-state index in [0.29, 0.717) is 16.5 Å². The first-order chi connectivity index (χ1) is 17.4. The Morgan fingerprint density at radius 2 is 1.73 bits per heavy atom. The highest BCUT2D eigenvalue weighted by Crippen LogP contribution is 2.46. The van der Waals surface area contributed by atoms with Crippen LogP contribution in [0.5, 0.6) is 5.75 Å². The molecule has 0 spiro atoms. The molecule has 0 aliphatic carbocycles.